The smallest absolute Gasteiger partial charge is 0.263 e. The molecule has 2 heterocycles. The van der Waals surface area contributed by atoms with Crippen molar-refractivity contribution in [2.75, 3.05) is 33.1 Å². The number of carbonyl (C=O) groups is 1. The van der Waals surface area contributed by atoms with Crippen LogP contribution in [0.1, 0.15) is 10.4 Å². The minimum atomic E-state index is -3.39. The summed E-state index contributed by atoms with van der Waals surface area (Å²) in [5.41, 5.74) is -0.377. The molecule has 8 nitrogen and oxygen atoms in total. The average Bonchev–Trinajstić information content (AvgIpc) is 2.88. The maximum atomic E-state index is 12.3. The number of aromatic nitrogens is 1. The molecule has 1 aliphatic heterocycles. The molecule has 1 aromatic rings. The zero-order valence-corrected chi connectivity index (χ0v) is 14.2. The Bertz CT molecular complexity index is 741. The number of ether oxygens (including phenoxy) is 1. The Kier molecular flexibility index (Phi) is 5.23. The fourth-order valence-electron chi connectivity index (χ4n) is 2.36. The quantitative estimate of drug-likeness (QED) is 0.741. The molecule has 128 valence electrons. The molecule has 23 heavy (non-hydrogen) atoms. The predicted molar refractivity (Wildman–Crippen MR) is 84.7 cm³/mol. The Labute approximate surface area is 135 Å². The summed E-state index contributed by atoms with van der Waals surface area (Å²) in [4.78, 5) is 24.2. The molecule has 1 saturated heterocycles. The summed E-state index contributed by atoms with van der Waals surface area (Å²) in [7, 11) is 1.10. The third kappa shape index (κ3) is 3.98. The van der Waals surface area contributed by atoms with Crippen molar-refractivity contribution in [1.82, 2.24) is 14.2 Å². The molecule has 0 aliphatic carbocycles. The van der Waals surface area contributed by atoms with E-state index in [1.54, 1.807) is 19.3 Å². The number of amides is 1. The van der Waals surface area contributed by atoms with E-state index in [1.165, 1.54) is 24.7 Å². The van der Waals surface area contributed by atoms with E-state index in [0.29, 0.717) is 0 Å². The molecule has 0 aromatic carbocycles. The van der Waals surface area contributed by atoms with Crippen LogP contribution in [-0.4, -0.2) is 62.3 Å². The van der Waals surface area contributed by atoms with Gasteiger partial charge in [-0.25, -0.2) is 12.7 Å². The number of carbonyl (C=O) groups excluding carboxylic acids is 1. The summed E-state index contributed by atoms with van der Waals surface area (Å²) in [6, 6.07) is 2.61. The van der Waals surface area contributed by atoms with Gasteiger partial charge < -0.3 is 14.6 Å². The highest BCUT2D eigenvalue weighted by molar-refractivity contribution is 7.89. The van der Waals surface area contributed by atoms with Gasteiger partial charge >= 0.3 is 0 Å². The van der Waals surface area contributed by atoms with Crippen molar-refractivity contribution in [2.24, 2.45) is 13.0 Å². The zero-order chi connectivity index (χ0) is 17.2. The predicted octanol–water partition coefficient (Wildman–Crippen LogP) is -0.978. The second-order valence-electron chi connectivity index (χ2n) is 5.78. The van der Waals surface area contributed by atoms with Crippen LogP contribution in [0, 0.1) is 5.92 Å². The Morgan fingerprint density at radius 1 is 1.43 bits per heavy atom. The van der Waals surface area contributed by atoms with Crippen LogP contribution in [0.4, 0.5) is 0 Å². The van der Waals surface area contributed by atoms with Crippen molar-refractivity contribution in [1.29, 1.82) is 0 Å². The molecule has 9 heteroatoms. The Morgan fingerprint density at radius 2 is 2.13 bits per heavy atom. The van der Waals surface area contributed by atoms with Crippen molar-refractivity contribution >= 4 is 15.9 Å². The van der Waals surface area contributed by atoms with E-state index in [9.17, 15) is 18.0 Å². The molecular formula is C14H21N3O5S. The summed E-state index contributed by atoms with van der Waals surface area (Å²) >= 11 is 0. The van der Waals surface area contributed by atoms with Gasteiger partial charge in [-0.1, -0.05) is 0 Å². The molecule has 1 aliphatic rings. The number of nitrogens with one attached hydrogen (secondary N) is 1. The number of hydrogen-bond acceptors (Lipinski definition) is 5. The monoisotopic (exact) mass is 343 g/mol. The first kappa shape index (κ1) is 17.6. The van der Waals surface area contributed by atoms with Crippen LogP contribution in [0.5, 0.6) is 0 Å². The van der Waals surface area contributed by atoms with Gasteiger partial charge in [-0.05, 0) is 12.1 Å². The third-order valence-electron chi connectivity index (χ3n) is 3.86. The summed E-state index contributed by atoms with van der Waals surface area (Å²) in [5, 5.41) is 2.71. The third-order valence-corrected chi connectivity index (χ3v) is 5.83. The molecular weight excluding hydrogens is 322 g/mol. The highest BCUT2D eigenvalue weighted by Gasteiger charge is 2.34. The zero-order valence-electron chi connectivity index (χ0n) is 13.4. The lowest BCUT2D eigenvalue weighted by Crippen LogP contribution is -2.45. The van der Waals surface area contributed by atoms with E-state index in [0.717, 1.165) is 4.31 Å². The van der Waals surface area contributed by atoms with Gasteiger partial charge in [-0.2, -0.15) is 0 Å². The van der Waals surface area contributed by atoms with Crippen LogP contribution in [0.15, 0.2) is 23.1 Å². The minimum absolute atomic E-state index is 0.0242. The number of sulfonamides is 1. The Morgan fingerprint density at radius 3 is 2.78 bits per heavy atom. The molecule has 0 unspecified atom stereocenters. The number of nitrogens with zero attached hydrogens (tertiary/aromatic N) is 2. The van der Waals surface area contributed by atoms with E-state index in [2.05, 4.69) is 5.32 Å². The van der Waals surface area contributed by atoms with Gasteiger partial charge in [-0.3, -0.25) is 9.59 Å². The Hall–Kier alpha value is -1.71. The normalized spacial score (nSPS) is 21.6. The van der Waals surface area contributed by atoms with Gasteiger partial charge in [0.25, 0.3) is 11.5 Å². The van der Waals surface area contributed by atoms with Crippen molar-refractivity contribution in [3.8, 4) is 0 Å². The van der Waals surface area contributed by atoms with E-state index in [4.69, 9.17) is 4.74 Å². The van der Waals surface area contributed by atoms with Gasteiger partial charge in [0, 0.05) is 33.3 Å². The molecule has 0 spiro atoms. The van der Waals surface area contributed by atoms with E-state index >= 15 is 0 Å². The Balaban J connectivity index is 2.11. The molecule has 1 aromatic heterocycles. The van der Waals surface area contributed by atoms with Crippen molar-refractivity contribution in [2.45, 2.75) is 6.04 Å². The fraction of sp³-hybridized carbons (Fsp3) is 0.571. The standard InChI is InChI=1S/C14H21N3O5S/c1-16(2)23(20,21)9-10-7-22-8-12(10)15-13(18)11-5-4-6-17(3)14(11)19/h4-6,10,12H,7-9H2,1-3H3,(H,15,18)/t10-,12-/m0/s1. The van der Waals surface area contributed by atoms with E-state index in [-0.39, 0.29) is 30.4 Å². The van der Waals surface area contributed by atoms with Crippen LogP contribution < -0.4 is 10.9 Å². The first-order chi connectivity index (χ1) is 10.7. The first-order valence-corrected chi connectivity index (χ1v) is 8.77. The highest BCUT2D eigenvalue weighted by atomic mass is 32.2. The number of rotatable bonds is 5. The number of pyridine rings is 1. The van der Waals surface area contributed by atoms with Gasteiger partial charge in [-0.15, -0.1) is 0 Å². The molecule has 2 atom stereocenters. The summed E-state index contributed by atoms with van der Waals surface area (Å²) in [5.74, 6) is -0.981. The molecule has 1 amide bonds. The first-order valence-electron chi connectivity index (χ1n) is 7.17. The molecule has 0 saturated carbocycles. The fourth-order valence-corrected chi connectivity index (χ4v) is 3.53. The number of hydrogen-bond donors (Lipinski definition) is 1. The molecule has 0 bridgehead atoms. The topological polar surface area (TPSA) is 97.7 Å². The maximum Gasteiger partial charge on any atom is 0.263 e. The van der Waals surface area contributed by atoms with Crippen molar-refractivity contribution in [3.63, 3.8) is 0 Å². The second kappa shape index (κ2) is 6.81. The summed E-state index contributed by atoms with van der Waals surface area (Å²) in [6.45, 7) is 0.483. The van der Waals surface area contributed by atoms with Crippen LogP contribution in [0.3, 0.4) is 0 Å². The van der Waals surface area contributed by atoms with Crippen LogP contribution in [0.25, 0.3) is 0 Å². The van der Waals surface area contributed by atoms with E-state index in [1.807, 2.05) is 0 Å². The number of aryl methyl sites for hydroxylation is 1. The second-order valence-corrected chi connectivity index (χ2v) is 8.00. The molecule has 2 rings (SSSR count). The lowest BCUT2D eigenvalue weighted by atomic mass is 10.1. The van der Waals surface area contributed by atoms with Crippen molar-refractivity contribution in [3.05, 3.63) is 34.2 Å². The highest BCUT2D eigenvalue weighted by Crippen LogP contribution is 2.17. The van der Waals surface area contributed by atoms with E-state index < -0.39 is 27.5 Å². The van der Waals surface area contributed by atoms with Crippen molar-refractivity contribution < 1.29 is 17.9 Å². The lowest BCUT2D eigenvalue weighted by molar-refractivity contribution is 0.0924. The van der Waals surface area contributed by atoms with Gasteiger partial charge in [0.05, 0.1) is 25.0 Å². The molecule has 1 N–H and O–H groups in total. The minimum Gasteiger partial charge on any atom is -0.379 e. The summed E-state index contributed by atoms with van der Waals surface area (Å²) < 4.78 is 31.7. The molecule has 1 fully saturated rings. The average molecular weight is 343 g/mol. The lowest BCUT2D eigenvalue weighted by Gasteiger charge is -2.21. The SMILES string of the molecule is CN(C)S(=O)(=O)C[C@@H]1COC[C@@H]1NC(=O)c1cccn(C)c1=O. The van der Waals surface area contributed by atoms with Crippen LogP contribution >= 0.6 is 0 Å². The summed E-state index contributed by atoms with van der Waals surface area (Å²) in [6.07, 6.45) is 1.56. The molecule has 0 radical (unpaired) electrons. The maximum absolute atomic E-state index is 12.3. The van der Waals surface area contributed by atoms with Crippen LogP contribution in [-0.2, 0) is 21.8 Å². The van der Waals surface area contributed by atoms with Gasteiger partial charge in [0.2, 0.25) is 10.0 Å². The van der Waals surface area contributed by atoms with Gasteiger partial charge in [0.1, 0.15) is 5.56 Å². The largest absolute Gasteiger partial charge is 0.379 e. The van der Waals surface area contributed by atoms with Crippen LogP contribution in [0.2, 0.25) is 0 Å². The van der Waals surface area contributed by atoms with Gasteiger partial charge in [0.15, 0.2) is 0 Å².